The molecule has 2 aromatic carbocycles. The Labute approximate surface area is 185 Å². The van der Waals surface area contributed by atoms with Crippen molar-refractivity contribution in [1.29, 1.82) is 0 Å². The smallest absolute Gasteiger partial charge is 0.338 e. The van der Waals surface area contributed by atoms with Crippen molar-refractivity contribution in [2.75, 3.05) is 5.32 Å². The zero-order valence-electron chi connectivity index (χ0n) is 15.5. The van der Waals surface area contributed by atoms with E-state index in [2.05, 4.69) is 20.3 Å². The number of fused-ring (bicyclic) bond motifs is 1. The minimum Gasteiger partial charge on any atom is -0.449 e. The largest absolute Gasteiger partial charge is 0.449 e. The number of anilines is 1. The molecule has 0 aliphatic rings. The second-order valence-corrected chi connectivity index (χ2v) is 8.04. The van der Waals surface area contributed by atoms with Gasteiger partial charge in [-0.3, -0.25) is 10.1 Å². The molecule has 0 radical (unpaired) electrons. The average Bonchev–Trinajstić information content (AvgIpc) is 3.36. The molecule has 30 heavy (non-hydrogen) atoms. The number of amides is 1. The summed E-state index contributed by atoms with van der Waals surface area (Å²) in [6, 6.07) is 10.0. The topological polar surface area (TPSA) is 97.0 Å². The van der Waals surface area contributed by atoms with E-state index in [-0.39, 0.29) is 0 Å². The summed E-state index contributed by atoms with van der Waals surface area (Å²) in [6.07, 6.45) is 0.524. The first-order valence-electron chi connectivity index (χ1n) is 8.76. The Kier molecular flexibility index (Phi) is 5.72. The van der Waals surface area contributed by atoms with Crippen LogP contribution in [0.3, 0.4) is 0 Å². The molecule has 2 aromatic heterocycles. The van der Waals surface area contributed by atoms with Crippen LogP contribution in [0.1, 0.15) is 17.3 Å². The third-order valence-corrected chi connectivity index (χ3v) is 5.56. The molecule has 4 aromatic rings. The zero-order chi connectivity index (χ0) is 21.3. The van der Waals surface area contributed by atoms with E-state index < -0.39 is 18.0 Å². The van der Waals surface area contributed by atoms with Crippen LogP contribution in [0.5, 0.6) is 0 Å². The SMILES string of the molecule is CC(OC(=O)c1ccc2nc[nH]c2c1)C(=O)Nc1nc(-c2ccc(Cl)cc2Cl)cs1. The molecule has 0 saturated carbocycles. The van der Waals surface area contributed by atoms with Gasteiger partial charge in [-0.1, -0.05) is 23.2 Å². The highest BCUT2D eigenvalue weighted by Crippen LogP contribution is 2.32. The first-order chi connectivity index (χ1) is 14.4. The number of nitrogens with zero attached hydrogens (tertiary/aromatic N) is 2. The van der Waals surface area contributed by atoms with Gasteiger partial charge < -0.3 is 9.72 Å². The summed E-state index contributed by atoms with van der Waals surface area (Å²) in [5.41, 5.74) is 3.07. The molecule has 0 aliphatic heterocycles. The van der Waals surface area contributed by atoms with Gasteiger partial charge >= 0.3 is 5.97 Å². The van der Waals surface area contributed by atoms with Gasteiger partial charge in [-0.2, -0.15) is 0 Å². The van der Waals surface area contributed by atoms with E-state index in [1.165, 1.54) is 24.6 Å². The first-order valence-corrected chi connectivity index (χ1v) is 10.4. The Morgan fingerprint density at radius 3 is 2.83 bits per heavy atom. The van der Waals surface area contributed by atoms with E-state index in [0.717, 1.165) is 5.52 Å². The molecule has 0 spiro atoms. The van der Waals surface area contributed by atoms with E-state index in [0.29, 0.717) is 37.5 Å². The lowest BCUT2D eigenvalue weighted by molar-refractivity contribution is -0.123. The molecule has 152 valence electrons. The quantitative estimate of drug-likeness (QED) is 0.400. The lowest BCUT2D eigenvalue weighted by Crippen LogP contribution is -2.29. The first kappa shape index (κ1) is 20.3. The van der Waals surface area contributed by atoms with Crippen molar-refractivity contribution in [2.45, 2.75) is 13.0 Å². The van der Waals surface area contributed by atoms with Crippen molar-refractivity contribution in [1.82, 2.24) is 15.0 Å². The van der Waals surface area contributed by atoms with E-state index in [1.807, 2.05) is 0 Å². The lowest BCUT2D eigenvalue weighted by atomic mass is 10.2. The van der Waals surface area contributed by atoms with Crippen LogP contribution in [0.25, 0.3) is 22.3 Å². The number of benzene rings is 2. The second kappa shape index (κ2) is 8.43. The number of rotatable bonds is 5. The van der Waals surface area contributed by atoms with Gasteiger partial charge in [0.1, 0.15) is 0 Å². The predicted octanol–water partition coefficient (Wildman–Crippen LogP) is 5.18. The number of halogens is 2. The zero-order valence-corrected chi connectivity index (χ0v) is 17.8. The fourth-order valence-corrected chi connectivity index (χ4v) is 3.92. The van der Waals surface area contributed by atoms with Crippen LogP contribution < -0.4 is 5.32 Å². The third kappa shape index (κ3) is 4.30. The lowest BCUT2D eigenvalue weighted by Gasteiger charge is -2.12. The Morgan fingerprint density at radius 1 is 1.20 bits per heavy atom. The molecule has 0 saturated heterocycles. The molecule has 0 aliphatic carbocycles. The third-order valence-electron chi connectivity index (χ3n) is 4.25. The summed E-state index contributed by atoms with van der Waals surface area (Å²) in [5.74, 6) is -1.10. The van der Waals surface area contributed by atoms with Gasteiger partial charge in [-0.15, -0.1) is 11.3 Å². The number of carbonyl (C=O) groups excluding carboxylic acids is 2. The maximum Gasteiger partial charge on any atom is 0.338 e. The van der Waals surface area contributed by atoms with E-state index >= 15 is 0 Å². The van der Waals surface area contributed by atoms with Gasteiger partial charge in [0.05, 0.1) is 33.6 Å². The number of ether oxygens (including phenoxy) is 1. The fraction of sp³-hybridized carbons (Fsp3) is 0.100. The number of carbonyl (C=O) groups is 2. The monoisotopic (exact) mass is 460 g/mol. The number of hydrogen-bond donors (Lipinski definition) is 2. The van der Waals surface area contributed by atoms with Crippen LogP contribution in [-0.4, -0.2) is 32.9 Å². The number of H-pyrrole nitrogens is 1. The fourth-order valence-electron chi connectivity index (χ4n) is 2.70. The highest BCUT2D eigenvalue weighted by Gasteiger charge is 2.21. The Hall–Kier alpha value is -2.94. The number of aromatic nitrogens is 3. The Morgan fingerprint density at radius 2 is 2.03 bits per heavy atom. The average molecular weight is 461 g/mol. The van der Waals surface area contributed by atoms with Gasteiger partial charge in [-0.05, 0) is 43.3 Å². The van der Waals surface area contributed by atoms with Crippen LogP contribution in [0.15, 0.2) is 48.1 Å². The van der Waals surface area contributed by atoms with Crippen LogP contribution in [0, 0.1) is 0 Å². The summed E-state index contributed by atoms with van der Waals surface area (Å²) in [5, 5.41) is 5.76. The number of aromatic amines is 1. The highest BCUT2D eigenvalue weighted by molar-refractivity contribution is 7.14. The summed E-state index contributed by atoms with van der Waals surface area (Å²) in [4.78, 5) is 36.2. The molecule has 1 unspecified atom stereocenters. The molecule has 2 N–H and O–H groups in total. The number of nitrogens with one attached hydrogen (secondary N) is 2. The van der Waals surface area contributed by atoms with E-state index in [1.54, 1.807) is 41.8 Å². The molecule has 0 bridgehead atoms. The number of hydrogen-bond acceptors (Lipinski definition) is 6. The molecular formula is C20H14Cl2N4O3S. The summed E-state index contributed by atoms with van der Waals surface area (Å²) in [7, 11) is 0. The van der Waals surface area contributed by atoms with Crippen molar-refractivity contribution in [2.24, 2.45) is 0 Å². The van der Waals surface area contributed by atoms with Crippen molar-refractivity contribution >= 4 is 62.6 Å². The molecule has 10 heteroatoms. The standard InChI is InChI=1S/C20H14Cl2N4O3S/c1-10(29-19(28)11-2-5-15-16(6-11)24-9-23-15)18(27)26-20-25-17(8-30-20)13-4-3-12(21)7-14(13)22/h2-10H,1H3,(H,23,24)(H,25,26,27). The van der Waals surface area contributed by atoms with Gasteiger partial charge in [0.25, 0.3) is 5.91 Å². The number of thiazole rings is 1. The van der Waals surface area contributed by atoms with Crippen LogP contribution in [0.2, 0.25) is 10.0 Å². The molecule has 1 amide bonds. The Bertz CT molecular complexity index is 1250. The van der Waals surface area contributed by atoms with Gasteiger partial charge in [0.2, 0.25) is 0 Å². The minimum atomic E-state index is -1.01. The second-order valence-electron chi connectivity index (χ2n) is 6.33. The molecule has 7 nitrogen and oxygen atoms in total. The van der Waals surface area contributed by atoms with Crippen LogP contribution in [0.4, 0.5) is 5.13 Å². The minimum absolute atomic E-state index is 0.320. The van der Waals surface area contributed by atoms with Crippen molar-refractivity contribution in [3.63, 3.8) is 0 Å². The molecule has 0 fully saturated rings. The van der Waals surface area contributed by atoms with Gasteiger partial charge in [0.15, 0.2) is 11.2 Å². The van der Waals surface area contributed by atoms with E-state index in [9.17, 15) is 9.59 Å². The van der Waals surface area contributed by atoms with Crippen molar-refractivity contribution < 1.29 is 14.3 Å². The number of esters is 1. The van der Waals surface area contributed by atoms with Crippen LogP contribution >= 0.6 is 34.5 Å². The highest BCUT2D eigenvalue weighted by atomic mass is 35.5. The van der Waals surface area contributed by atoms with Crippen LogP contribution in [-0.2, 0) is 9.53 Å². The molecule has 1 atom stereocenters. The normalized spacial score (nSPS) is 12.0. The van der Waals surface area contributed by atoms with Crippen molar-refractivity contribution in [3.8, 4) is 11.3 Å². The Balaban J connectivity index is 1.41. The van der Waals surface area contributed by atoms with E-state index in [4.69, 9.17) is 27.9 Å². The molecule has 4 rings (SSSR count). The van der Waals surface area contributed by atoms with Gasteiger partial charge in [0, 0.05) is 16.0 Å². The maximum absolute atomic E-state index is 12.4. The maximum atomic E-state index is 12.4. The summed E-state index contributed by atoms with van der Waals surface area (Å²) < 4.78 is 5.28. The molecule has 2 heterocycles. The summed E-state index contributed by atoms with van der Waals surface area (Å²) >= 11 is 13.4. The van der Waals surface area contributed by atoms with Crippen molar-refractivity contribution in [3.05, 3.63) is 63.7 Å². The molecular weight excluding hydrogens is 447 g/mol. The predicted molar refractivity (Wildman–Crippen MR) is 117 cm³/mol. The van der Waals surface area contributed by atoms with Gasteiger partial charge in [-0.25, -0.2) is 14.8 Å². The number of imidazole rings is 1. The summed E-state index contributed by atoms with van der Waals surface area (Å²) in [6.45, 7) is 1.49.